The lowest BCUT2D eigenvalue weighted by Gasteiger charge is -2.07. The summed E-state index contributed by atoms with van der Waals surface area (Å²) in [6, 6.07) is 9.22. The van der Waals surface area contributed by atoms with Gasteiger partial charge in [-0.3, -0.25) is 0 Å². The second kappa shape index (κ2) is 12.5. The Balaban J connectivity index is 2.20. The molecule has 0 aromatic heterocycles. The van der Waals surface area contributed by atoms with E-state index >= 15 is 0 Å². The molecule has 1 rings (SSSR count). The summed E-state index contributed by atoms with van der Waals surface area (Å²) in [7, 11) is 0. The van der Waals surface area contributed by atoms with Crippen molar-refractivity contribution in [1.82, 2.24) is 0 Å². The van der Waals surface area contributed by atoms with Crippen LogP contribution in [0.25, 0.3) is 0 Å². The standard InChI is InChI=1S/C22H34S/c1-5-6-7-8-9-10-11-21-14-16-22(17-15-21)13-12-20(4)18-23-19(2)3/h14-17H,2,4-13,18H2,1,3H3. The summed E-state index contributed by atoms with van der Waals surface area (Å²) in [5.74, 6) is 1.01. The van der Waals surface area contributed by atoms with E-state index in [0.29, 0.717) is 0 Å². The molecular weight excluding hydrogens is 296 g/mol. The van der Waals surface area contributed by atoms with Crippen molar-refractivity contribution in [2.45, 2.75) is 71.6 Å². The fraction of sp³-hybridized carbons (Fsp3) is 0.545. The lowest BCUT2D eigenvalue weighted by Crippen LogP contribution is -1.92. The summed E-state index contributed by atoms with van der Waals surface area (Å²) >= 11 is 1.80. The first-order chi connectivity index (χ1) is 11.1. The number of aryl methyl sites for hydroxylation is 2. The predicted molar refractivity (Wildman–Crippen MR) is 108 cm³/mol. The predicted octanol–water partition coefficient (Wildman–Crippen LogP) is 7.35. The van der Waals surface area contributed by atoms with E-state index in [4.69, 9.17) is 0 Å². The largest absolute Gasteiger partial charge is 0.127 e. The molecule has 0 fully saturated rings. The number of hydrogen-bond donors (Lipinski definition) is 0. The Bertz CT molecular complexity index is 455. The minimum absolute atomic E-state index is 1.01. The summed E-state index contributed by atoms with van der Waals surface area (Å²) in [4.78, 5) is 1.17. The molecule has 0 saturated carbocycles. The molecule has 0 saturated heterocycles. The molecule has 23 heavy (non-hydrogen) atoms. The monoisotopic (exact) mass is 330 g/mol. The molecule has 0 aliphatic rings. The number of unbranched alkanes of at least 4 members (excludes halogenated alkanes) is 5. The second-order valence-electron chi connectivity index (χ2n) is 6.57. The summed E-state index contributed by atoms with van der Waals surface area (Å²) < 4.78 is 0. The number of rotatable bonds is 13. The van der Waals surface area contributed by atoms with Gasteiger partial charge in [0.15, 0.2) is 0 Å². The highest BCUT2D eigenvalue weighted by Crippen LogP contribution is 2.19. The van der Waals surface area contributed by atoms with Crippen LogP contribution in [-0.2, 0) is 12.8 Å². The van der Waals surface area contributed by atoms with Crippen LogP contribution in [0, 0.1) is 0 Å². The molecule has 128 valence electrons. The maximum Gasteiger partial charge on any atom is 0.0184 e. The van der Waals surface area contributed by atoms with Crippen LogP contribution >= 0.6 is 11.8 Å². The Morgan fingerprint density at radius 2 is 1.43 bits per heavy atom. The number of allylic oxidation sites excluding steroid dienone is 1. The number of benzene rings is 1. The molecule has 0 heterocycles. The molecule has 0 aliphatic carbocycles. The maximum absolute atomic E-state index is 4.17. The zero-order chi connectivity index (χ0) is 16.9. The molecule has 0 atom stereocenters. The summed E-state index contributed by atoms with van der Waals surface area (Å²) in [6.45, 7) is 12.4. The smallest absolute Gasteiger partial charge is 0.0184 e. The average Bonchev–Trinajstić information content (AvgIpc) is 2.55. The van der Waals surface area contributed by atoms with Gasteiger partial charge in [0.05, 0.1) is 0 Å². The van der Waals surface area contributed by atoms with Gasteiger partial charge < -0.3 is 0 Å². The third-order valence-electron chi connectivity index (χ3n) is 4.13. The van der Waals surface area contributed by atoms with Crippen molar-refractivity contribution in [2.75, 3.05) is 5.75 Å². The van der Waals surface area contributed by atoms with Crippen LogP contribution in [0.1, 0.15) is 69.9 Å². The lowest BCUT2D eigenvalue weighted by molar-refractivity contribution is 0.607. The third kappa shape index (κ3) is 10.4. The Kier molecular flexibility index (Phi) is 10.9. The van der Waals surface area contributed by atoms with Gasteiger partial charge in [0, 0.05) is 5.75 Å². The van der Waals surface area contributed by atoms with Gasteiger partial charge in [-0.2, -0.15) is 0 Å². The van der Waals surface area contributed by atoms with Crippen molar-refractivity contribution in [3.8, 4) is 0 Å². The van der Waals surface area contributed by atoms with E-state index in [2.05, 4.69) is 51.3 Å². The minimum atomic E-state index is 1.01. The van der Waals surface area contributed by atoms with E-state index in [1.165, 1.54) is 66.6 Å². The zero-order valence-corrected chi connectivity index (χ0v) is 16.0. The molecular formula is C22H34S. The van der Waals surface area contributed by atoms with Gasteiger partial charge in [-0.25, -0.2) is 0 Å². The molecule has 0 unspecified atom stereocenters. The van der Waals surface area contributed by atoms with Crippen LogP contribution in [0.3, 0.4) is 0 Å². The van der Waals surface area contributed by atoms with Crippen molar-refractivity contribution in [3.63, 3.8) is 0 Å². The van der Waals surface area contributed by atoms with Crippen molar-refractivity contribution in [2.24, 2.45) is 0 Å². The van der Waals surface area contributed by atoms with Gasteiger partial charge in [-0.1, -0.05) is 82.0 Å². The van der Waals surface area contributed by atoms with Crippen molar-refractivity contribution in [1.29, 1.82) is 0 Å². The number of thioether (sulfide) groups is 1. The molecule has 0 N–H and O–H groups in total. The Morgan fingerprint density at radius 1 is 0.870 bits per heavy atom. The average molecular weight is 331 g/mol. The normalized spacial score (nSPS) is 10.7. The van der Waals surface area contributed by atoms with E-state index in [-0.39, 0.29) is 0 Å². The Hall–Kier alpha value is -0.950. The SMILES string of the molecule is C=C(CCc1ccc(CCCCCCCC)cc1)CSC(=C)C. The fourth-order valence-corrected chi connectivity index (χ4v) is 3.20. The van der Waals surface area contributed by atoms with Gasteiger partial charge >= 0.3 is 0 Å². The van der Waals surface area contributed by atoms with E-state index < -0.39 is 0 Å². The van der Waals surface area contributed by atoms with Gasteiger partial charge in [0.2, 0.25) is 0 Å². The van der Waals surface area contributed by atoms with Crippen LogP contribution in [-0.4, -0.2) is 5.75 Å². The minimum Gasteiger partial charge on any atom is -0.127 e. The summed E-state index contributed by atoms with van der Waals surface area (Å²) in [5.41, 5.74) is 4.23. The van der Waals surface area contributed by atoms with Crippen molar-refractivity contribution >= 4 is 11.8 Å². The fourth-order valence-electron chi connectivity index (χ4n) is 2.60. The Morgan fingerprint density at radius 3 is 2.04 bits per heavy atom. The van der Waals surface area contributed by atoms with Gasteiger partial charge in [-0.15, -0.1) is 11.8 Å². The molecule has 0 bridgehead atoms. The highest BCUT2D eigenvalue weighted by molar-refractivity contribution is 8.03. The van der Waals surface area contributed by atoms with Gasteiger partial charge in [0.1, 0.15) is 0 Å². The highest BCUT2D eigenvalue weighted by Gasteiger charge is 2.00. The van der Waals surface area contributed by atoms with E-state index in [0.717, 1.165) is 18.6 Å². The third-order valence-corrected chi connectivity index (χ3v) is 5.18. The maximum atomic E-state index is 4.17. The molecule has 0 aliphatic heterocycles. The Labute approximate surface area is 148 Å². The second-order valence-corrected chi connectivity index (χ2v) is 7.85. The van der Waals surface area contributed by atoms with Crippen LogP contribution in [0.4, 0.5) is 0 Å². The van der Waals surface area contributed by atoms with Crippen molar-refractivity contribution < 1.29 is 0 Å². The molecule has 0 nitrogen and oxygen atoms in total. The summed E-state index contributed by atoms with van der Waals surface area (Å²) in [5, 5.41) is 0. The lowest BCUT2D eigenvalue weighted by atomic mass is 10.0. The first-order valence-corrected chi connectivity index (χ1v) is 10.1. The van der Waals surface area contributed by atoms with Crippen LogP contribution in [0.5, 0.6) is 0 Å². The first kappa shape index (κ1) is 20.1. The van der Waals surface area contributed by atoms with Crippen molar-refractivity contribution in [3.05, 3.63) is 59.0 Å². The quantitative estimate of drug-likeness (QED) is 0.269. The summed E-state index contributed by atoms with van der Waals surface area (Å²) in [6.07, 6.45) is 11.7. The molecule has 1 heteroatoms. The molecule has 0 amide bonds. The molecule has 0 radical (unpaired) electrons. The van der Waals surface area contributed by atoms with Gasteiger partial charge in [0.25, 0.3) is 0 Å². The van der Waals surface area contributed by atoms with E-state index in [1.807, 2.05) is 0 Å². The van der Waals surface area contributed by atoms with E-state index in [9.17, 15) is 0 Å². The van der Waals surface area contributed by atoms with E-state index in [1.54, 1.807) is 11.8 Å². The van der Waals surface area contributed by atoms with Gasteiger partial charge in [-0.05, 0) is 48.6 Å². The molecule has 1 aromatic carbocycles. The molecule has 0 spiro atoms. The highest BCUT2D eigenvalue weighted by atomic mass is 32.2. The molecule has 1 aromatic rings. The first-order valence-electron chi connectivity index (χ1n) is 9.14. The van der Waals surface area contributed by atoms with Crippen LogP contribution in [0.15, 0.2) is 47.9 Å². The van der Waals surface area contributed by atoms with Crippen LogP contribution in [0.2, 0.25) is 0 Å². The topological polar surface area (TPSA) is 0 Å². The van der Waals surface area contributed by atoms with Crippen LogP contribution < -0.4 is 0 Å². The zero-order valence-electron chi connectivity index (χ0n) is 15.2. The number of hydrogen-bond acceptors (Lipinski definition) is 1.